The van der Waals surface area contributed by atoms with E-state index in [0.29, 0.717) is 5.78 Å². The van der Waals surface area contributed by atoms with Gasteiger partial charge in [0.25, 0.3) is 0 Å². The Morgan fingerprint density at radius 2 is 1.93 bits per heavy atom. The maximum absolute atomic E-state index is 12.1. The average molecular weight is 192 g/mol. The lowest BCUT2D eigenvalue weighted by Crippen LogP contribution is -2.15. The molecule has 0 saturated heterocycles. The topological polar surface area (TPSA) is 17.1 Å². The van der Waals surface area contributed by atoms with E-state index in [4.69, 9.17) is 0 Å². The summed E-state index contributed by atoms with van der Waals surface area (Å²) in [5.74, 6) is 0.458. The molecule has 1 heteroatoms. The summed E-state index contributed by atoms with van der Waals surface area (Å²) in [6.45, 7) is 2.12. The number of ketones is 1. The number of carbonyl (C=O) groups excluding carboxylic acids is 1. The lowest BCUT2D eigenvalue weighted by Gasteiger charge is -2.13. The number of Topliss-reactive ketones (excluding diaryl/α,β-unsaturated/α-hetero) is 1. The van der Waals surface area contributed by atoms with Crippen molar-refractivity contribution in [3.05, 3.63) is 11.6 Å². The van der Waals surface area contributed by atoms with Crippen molar-refractivity contribution in [3.63, 3.8) is 0 Å². The predicted molar refractivity (Wildman–Crippen MR) is 58.1 cm³/mol. The van der Waals surface area contributed by atoms with E-state index >= 15 is 0 Å². The Hall–Kier alpha value is -0.590. The van der Waals surface area contributed by atoms with Gasteiger partial charge in [-0.25, -0.2) is 0 Å². The van der Waals surface area contributed by atoms with Crippen molar-refractivity contribution in [3.8, 4) is 0 Å². The van der Waals surface area contributed by atoms with Crippen LogP contribution < -0.4 is 0 Å². The van der Waals surface area contributed by atoms with Gasteiger partial charge in [0, 0.05) is 5.41 Å². The SMILES string of the molecule is CC1(C(=O)C2=CCCCCCC2)CC1. The Morgan fingerprint density at radius 1 is 1.21 bits per heavy atom. The van der Waals surface area contributed by atoms with Gasteiger partial charge in [-0.2, -0.15) is 0 Å². The maximum atomic E-state index is 12.1. The van der Waals surface area contributed by atoms with Gasteiger partial charge < -0.3 is 0 Å². The summed E-state index contributed by atoms with van der Waals surface area (Å²) in [4.78, 5) is 12.1. The molecule has 0 aliphatic heterocycles. The standard InChI is InChI=1S/C13H20O/c1-13(9-10-13)12(14)11-7-5-3-2-4-6-8-11/h7H,2-6,8-10H2,1H3. The first kappa shape index (κ1) is 9.95. The Balaban J connectivity index is 2.03. The Labute approximate surface area is 86.6 Å². The van der Waals surface area contributed by atoms with E-state index in [1.54, 1.807) is 0 Å². The molecule has 0 atom stereocenters. The summed E-state index contributed by atoms with van der Waals surface area (Å²) in [5.41, 5.74) is 1.19. The van der Waals surface area contributed by atoms with Gasteiger partial charge in [0.05, 0.1) is 0 Å². The van der Waals surface area contributed by atoms with Crippen molar-refractivity contribution < 1.29 is 4.79 Å². The zero-order chi connectivity index (χ0) is 10.0. The van der Waals surface area contributed by atoms with E-state index in [1.807, 2.05) is 0 Å². The molecule has 1 fully saturated rings. The summed E-state index contributed by atoms with van der Waals surface area (Å²) in [5, 5.41) is 0. The summed E-state index contributed by atoms with van der Waals surface area (Å²) in [6.07, 6.45) is 11.7. The van der Waals surface area contributed by atoms with Crippen molar-refractivity contribution >= 4 is 5.78 Å². The van der Waals surface area contributed by atoms with E-state index in [1.165, 1.54) is 25.7 Å². The monoisotopic (exact) mass is 192 g/mol. The average Bonchev–Trinajstić information content (AvgIpc) is 2.83. The molecule has 0 heterocycles. The van der Waals surface area contributed by atoms with Crippen LogP contribution in [-0.2, 0) is 4.79 Å². The largest absolute Gasteiger partial charge is 0.294 e. The van der Waals surface area contributed by atoms with Gasteiger partial charge in [0.2, 0.25) is 0 Å². The molecule has 0 bridgehead atoms. The molecule has 2 rings (SSSR count). The highest BCUT2D eigenvalue weighted by Gasteiger charge is 2.45. The van der Waals surface area contributed by atoms with Gasteiger partial charge in [-0.05, 0) is 44.1 Å². The van der Waals surface area contributed by atoms with Crippen LogP contribution in [0.15, 0.2) is 11.6 Å². The maximum Gasteiger partial charge on any atom is 0.164 e. The summed E-state index contributed by atoms with van der Waals surface area (Å²) >= 11 is 0. The van der Waals surface area contributed by atoms with Crippen LogP contribution in [0.25, 0.3) is 0 Å². The fraction of sp³-hybridized carbons (Fsp3) is 0.769. The van der Waals surface area contributed by atoms with Crippen molar-refractivity contribution in [2.45, 2.75) is 58.3 Å². The van der Waals surface area contributed by atoms with E-state index in [0.717, 1.165) is 31.3 Å². The molecule has 0 N–H and O–H groups in total. The highest BCUT2D eigenvalue weighted by molar-refractivity contribution is 6.01. The van der Waals surface area contributed by atoms with E-state index < -0.39 is 0 Å². The summed E-state index contributed by atoms with van der Waals surface area (Å²) in [7, 11) is 0. The molecule has 2 aliphatic rings. The lowest BCUT2D eigenvalue weighted by molar-refractivity contribution is -0.120. The van der Waals surface area contributed by atoms with Crippen molar-refractivity contribution in [2.75, 3.05) is 0 Å². The second kappa shape index (κ2) is 3.88. The third kappa shape index (κ3) is 2.08. The fourth-order valence-corrected chi connectivity index (χ4v) is 2.20. The summed E-state index contributed by atoms with van der Waals surface area (Å²) in [6, 6.07) is 0. The molecular weight excluding hydrogens is 172 g/mol. The predicted octanol–water partition coefficient (Wildman–Crippen LogP) is 3.64. The number of hydrogen-bond acceptors (Lipinski definition) is 1. The molecule has 0 radical (unpaired) electrons. The molecule has 0 aromatic heterocycles. The first-order valence-electron chi connectivity index (χ1n) is 5.96. The molecular formula is C13H20O. The van der Waals surface area contributed by atoms with Crippen LogP contribution in [0.5, 0.6) is 0 Å². The number of rotatable bonds is 2. The van der Waals surface area contributed by atoms with Gasteiger partial charge in [-0.3, -0.25) is 4.79 Å². The number of carbonyl (C=O) groups is 1. The Kier molecular flexibility index (Phi) is 2.76. The molecule has 1 saturated carbocycles. The highest BCUT2D eigenvalue weighted by Crippen LogP contribution is 2.48. The van der Waals surface area contributed by atoms with E-state index in [2.05, 4.69) is 13.0 Å². The van der Waals surface area contributed by atoms with Crippen LogP contribution in [0.2, 0.25) is 0 Å². The van der Waals surface area contributed by atoms with Crippen molar-refractivity contribution in [2.24, 2.45) is 5.41 Å². The molecule has 0 aromatic rings. The van der Waals surface area contributed by atoms with Crippen LogP contribution in [-0.4, -0.2) is 5.78 Å². The van der Waals surface area contributed by atoms with Gasteiger partial charge >= 0.3 is 0 Å². The fourth-order valence-electron chi connectivity index (χ4n) is 2.20. The molecule has 0 spiro atoms. The zero-order valence-electron chi connectivity index (χ0n) is 9.14. The van der Waals surface area contributed by atoms with E-state index in [-0.39, 0.29) is 5.41 Å². The first-order valence-corrected chi connectivity index (χ1v) is 5.96. The van der Waals surface area contributed by atoms with Crippen LogP contribution in [0.1, 0.15) is 58.3 Å². The highest BCUT2D eigenvalue weighted by atomic mass is 16.1. The third-order valence-corrected chi connectivity index (χ3v) is 3.63. The quantitative estimate of drug-likeness (QED) is 0.653. The molecule has 78 valence electrons. The minimum Gasteiger partial charge on any atom is -0.294 e. The molecule has 0 aromatic carbocycles. The molecule has 0 amide bonds. The molecule has 14 heavy (non-hydrogen) atoms. The van der Waals surface area contributed by atoms with Crippen LogP contribution in [0.4, 0.5) is 0 Å². The molecule has 2 aliphatic carbocycles. The zero-order valence-corrected chi connectivity index (χ0v) is 9.14. The van der Waals surface area contributed by atoms with Gasteiger partial charge in [-0.15, -0.1) is 0 Å². The van der Waals surface area contributed by atoms with Gasteiger partial charge in [0.1, 0.15) is 0 Å². The lowest BCUT2D eigenvalue weighted by atomic mass is 9.90. The third-order valence-electron chi connectivity index (χ3n) is 3.63. The molecule has 0 unspecified atom stereocenters. The van der Waals surface area contributed by atoms with Gasteiger partial charge in [-0.1, -0.05) is 25.8 Å². The van der Waals surface area contributed by atoms with Crippen molar-refractivity contribution in [1.82, 2.24) is 0 Å². The minimum absolute atomic E-state index is 0.0467. The Morgan fingerprint density at radius 3 is 2.64 bits per heavy atom. The number of hydrogen-bond donors (Lipinski definition) is 0. The smallest absolute Gasteiger partial charge is 0.164 e. The second-order valence-electron chi connectivity index (χ2n) is 5.07. The van der Waals surface area contributed by atoms with Crippen molar-refractivity contribution in [1.29, 1.82) is 0 Å². The first-order chi connectivity index (χ1) is 6.72. The number of allylic oxidation sites excluding steroid dienone is 2. The minimum atomic E-state index is 0.0467. The van der Waals surface area contributed by atoms with E-state index in [9.17, 15) is 4.79 Å². The normalized spacial score (nSPS) is 25.9. The second-order valence-corrected chi connectivity index (χ2v) is 5.07. The van der Waals surface area contributed by atoms with Crippen LogP contribution >= 0.6 is 0 Å². The van der Waals surface area contributed by atoms with Crippen LogP contribution in [0.3, 0.4) is 0 Å². The Bertz CT molecular complexity index is 258. The molecule has 1 nitrogen and oxygen atoms in total. The van der Waals surface area contributed by atoms with Gasteiger partial charge in [0.15, 0.2) is 5.78 Å². The summed E-state index contributed by atoms with van der Waals surface area (Å²) < 4.78 is 0. The van der Waals surface area contributed by atoms with Crippen LogP contribution in [0, 0.1) is 5.41 Å².